The molecule has 3 aromatic rings. The average Bonchev–Trinajstić information content (AvgIpc) is 2.51. The SMILES string of the molecule is C=CNc1cc2[nH]c(=O)n(-c3ccc(N)cc3)c(=O)c2cc1F. The third-order valence-electron chi connectivity index (χ3n) is 3.39. The summed E-state index contributed by atoms with van der Waals surface area (Å²) < 4.78 is 14.9. The van der Waals surface area contributed by atoms with Crippen LogP contribution in [0.5, 0.6) is 0 Å². The lowest BCUT2D eigenvalue weighted by Gasteiger charge is -2.09. The Morgan fingerprint density at radius 2 is 1.91 bits per heavy atom. The van der Waals surface area contributed by atoms with Gasteiger partial charge < -0.3 is 16.0 Å². The van der Waals surface area contributed by atoms with Crippen LogP contribution in [-0.4, -0.2) is 9.55 Å². The number of nitrogen functional groups attached to an aromatic ring is 1. The number of benzene rings is 2. The molecule has 0 spiro atoms. The molecule has 0 atom stereocenters. The highest BCUT2D eigenvalue weighted by molar-refractivity contribution is 5.82. The van der Waals surface area contributed by atoms with Gasteiger partial charge in [-0.25, -0.2) is 13.8 Å². The first-order valence-electron chi connectivity index (χ1n) is 6.73. The fraction of sp³-hybridized carbons (Fsp3) is 0. The van der Waals surface area contributed by atoms with Crippen LogP contribution in [0.25, 0.3) is 16.6 Å². The van der Waals surface area contributed by atoms with E-state index in [2.05, 4.69) is 16.9 Å². The third kappa shape index (κ3) is 2.48. The van der Waals surface area contributed by atoms with Crippen molar-refractivity contribution in [1.29, 1.82) is 0 Å². The fourth-order valence-electron chi connectivity index (χ4n) is 2.32. The van der Waals surface area contributed by atoms with Crippen molar-refractivity contribution in [3.8, 4) is 5.69 Å². The number of H-pyrrole nitrogens is 1. The van der Waals surface area contributed by atoms with Crippen LogP contribution in [0.1, 0.15) is 0 Å². The highest BCUT2D eigenvalue weighted by atomic mass is 19.1. The van der Waals surface area contributed by atoms with Crippen LogP contribution >= 0.6 is 0 Å². The molecular formula is C16H13FN4O2. The zero-order valence-corrected chi connectivity index (χ0v) is 12.0. The Balaban J connectivity index is 2.32. The van der Waals surface area contributed by atoms with E-state index in [1.54, 1.807) is 24.3 Å². The molecule has 0 unspecified atom stereocenters. The Morgan fingerprint density at radius 1 is 1.22 bits per heavy atom. The summed E-state index contributed by atoms with van der Waals surface area (Å²) in [5.41, 5.74) is 5.57. The first kappa shape index (κ1) is 14.6. The number of hydrogen-bond acceptors (Lipinski definition) is 4. The summed E-state index contributed by atoms with van der Waals surface area (Å²) >= 11 is 0. The van der Waals surface area contributed by atoms with Crippen LogP contribution < -0.4 is 22.3 Å². The molecule has 0 fully saturated rings. The first-order valence-corrected chi connectivity index (χ1v) is 6.73. The highest BCUT2D eigenvalue weighted by Gasteiger charge is 2.12. The van der Waals surface area contributed by atoms with Crippen LogP contribution in [0.15, 0.2) is 58.8 Å². The van der Waals surface area contributed by atoms with E-state index in [9.17, 15) is 14.0 Å². The van der Waals surface area contributed by atoms with Crippen LogP contribution in [0.4, 0.5) is 15.8 Å². The van der Waals surface area contributed by atoms with Crippen molar-refractivity contribution in [3.63, 3.8) is 0 Å². The molecule has 0 aliphatic heterocycles. The fourth-order valence-corrected chi connectivity index (χ4v) is 2.32. The summed E-state index contributed by atoms with van der Waals surface area (Å²) in [5, 5.41) is 2.67. The van der Waals surface area contributed by atoms with Gasteiger partial charge in [0.1, 0.15) is 5.82 Å². The van der Waals surface area contributed by atoms with Gasteiger partial charge in [-0.3, -0.25) is 4.79 Å². The largest absolute Gasteiger partial charge is 0.399 e. The van der Waals surface area contributed by atoms with E-state index in [1.165, 1.54) is 12.3 Å². The Kier molecular flexibility index (Phi) is 3.46. The van der Waals surface area contributed by atoms with Crippen molar-refractivity contribution >= 4 is 22.3 Å². The molecule has 1 heterocycles. The van der Waals surface area contributed by atoms with Gasteiger partial charge in [0.25, 0.3) is 5.56 Å². The predicted molar refractivity (Wildman–Crippen MR) is 88.4 cm³/mol. The average molecular weight is 312 g/mol. The number of nitrogens with one attached hydrogen (secondary N) is 2. The third-order valence-corrected chi connectivity index (χ3v) is 3.39. The maximum Gasteiger partial charge on any atom is 0.333 e. The second kappa shape index (κ2) is 5.45. The molecule has 1 aromatic heterocycles. The highest BCUT2D eigenvalue weighted by Crippen LogP contribution is 2.19. The molecule has 0 radical (unpaired) electrons. The lowest BCUT2D eigenvalue weighted by atomic mass is 10.2. The van der Waals surface area contributed by atoms with Gasteiger partial charge in [-0.05, 0) is 42.6 Å². The van der Waals surface area contributed by atoms with E-state index in [1.807, 2.05) is 0 Å². The zero-order valence-electron chi connectivity index (χ0n) is 12.0. The van der Waals surface area contributed by atoms with Crippen molar-refractivity contribution in [1.82, 2.24) is 9.55 Å². The van der Waals surface area contributed by atoms with Gasteiger partial charge >= 0.3 is 5.69 Å². The summed E-state index contributed by atoms with van der Waals surface area (Å²) in [6, 6.07) is 8.66. The van der Waals surface area contributed by atoms with Gasteiger partial charge in [0.05, 0.1) is 22.3 Å². The number of anilines is 2. The van der Waals surface area contributed by atoms with Gasteiger partial charge in [0.15, 0.2) is 0 Å². The molecule has 0 amide bonds. The molecule has 0 saturated heterocycles. The van der Waals surface area contributed by atoms with Gasteiger partial charge in [0, 0.05) is 5.69 Å². The smallest absolute Gasteiger partial charge is 0.333 e. The summed E-state index contributed by atoms with van der Waals surface area (Å²) in [5.74, 6) is -0.620. The monoisotopic (exact) mass is 312 g/mol. The quantitative estimate of drug-likeness (QED) is 0.645. The maximum atomic E-state index is 14.0. The van der Waals surface area contributed by atoms with Gasteiger partial charge in [-0.15, -0.1) is 0 Å². The summed E-state index contributed by atoms with van der Waals surface area (Å²) in [7, 11) is 0. The molecule has 0 aliphatic carbocycles. The second-order valence-corrected chi connectivity index (χ2v) is 4.89. The second-order valence-electron chi connectivity index (χ2n) is 4.89. The van der Waals surface area contributed by atoms with Gasteiger partial charge in [-0.2, -0.15) is 0 Å². The van der Waals surface area contributed by atoms with Crippen LogP contribution in [0.2, 0.25) is 0 Å². The maximum absolute atomic E-state index is 14.0. The molecule has 7 heteroatoms. The molecule has 6 nitrogen and oxygen atoms in total. The number of hydrogen-bond donors (Lipinski definition) is 3. The van der Waals surface area contributed by atoms with Crippen LogP contribution in [0.3, 0.4) is 0 Å². The number of fused-ring (bicyclic) bond motifs is 1. The van der Waals surface area contributed by atoms with E-state index >= 15 is 0 Å². The lowest BCUT2D eigenvalue weighted by Crippen LogP contribution is -2.33. The number of nitrogens with two attached hydrogens (primary N) is 1. The van der Waals surface area contributed by atoms with Crippen LogP contribution in [-0.2, 0) is 0 Å². The number of aromatic nitrogens is 2. The van der Waals surface area contributed by atoms with Crippen molar-refractivity contribution in [3.05, 3.63) is 75.8 Å². The Labute approximate surface area is 129 Å². The van der Waals surface area contributed by atoms with Crippen molar-refractivity contribution in [2.24, 2.45) is 0 Å². The predicted octanol–water partition coefficient (Wildman–Crippen LogP) is 1.96. The van der Waals surface area contributed by atoms with E-state index in [4.69, 9.17) is 5.73 Å². The molecule has 116 valence electrons. The molecule has 4 N–H and O–H groups in total. The molecule has 0 bridgehead atoms. The van der Waals surface area contributed by atoms with Crippen LogP contribution in [0, 0.1) is 5.82 Å². The summed E-state index contributed by atoms with van der Waals surface area (Å²) in [4.78, 5) is 27.4. The molecule has 0 saturated carbocycles. The number of aromatic amines is 1. The Morgan fingerprint density at radius 3 is 2.57 bits per heavy atom. The standard InChI is InChI=1S/C16H13FN4O2/c1-2-19-14-8-13-11(7-12(14)17)15(22)21(16(23)20-13)10-5-3-9(18)4-6-10/h2-8,19H,1,18H2,(H,20,23). The molecular weight excluding hydrogens is 299 g/mol. The summed E-state index contributed by atoms with van der Waals surface area (Å²) in [6.45, 7) is 3.45. The summed E-state index contributed by atoms with van der Waals surface area (Å²) in [6.07, 6.45) is 1.30. The molecule has 3 rings (SSSR count). The van der Waals surface area contributed by atoms with Crippen molar-refractivity contribution in [2.45, 2.75) is 0 Å². The first-order chi connectivity index (χ1) is 11.0. The Hall–Kier alpha value is -3.35. The number of rotatable bonds is 3. The Bertz CT molecular complexity index is 1020. The van der Waals surface area contributed by atoms with Gasteiger partial charge in [0.2, 0.25) is 0 Å². The number of halogens is 1. The topological polar surface area (TPSA) is 92.9 Å². The van der Waals surface area contributed by atoms with Crippen molar-refractivity contribution in [2.75, 3.05) is 11.1 Å². The molecule has 2 aromatic carbocycles. The van der Waals surface area contributed by atoms with E-state index in [0.717, 1.165) is 10.6 Å². The minimum atomic E-state index is -0.622. The van der Waals surface area contributed by atoms with Gasteiger partial charge in [-0.1, -0.05) is 6.58 Å². The normalized spacial score (nSPS) is 10.7. The minimum absolute atomic E-state index is 0.0635. The van der Waals surface area contributed by atoms with E-state index in [0.29, 0.717) is 11.4 Å². The van der Waals surface area contributed by atoms with Crippen molar-refractivity contribution < 1.29 is 4.39 Å². The lowest BCUT2D eigenvalue weighted by molar-refractivity contribution is 0.633. The minimum Gasteiger partial charge on any atom is -0.399 e. The number of nitrogens with zero attached hydrogens (tertiary/aromatic N) is 1. The zero-order chi connectivity index (χ0) is 16.6. The molecule has 23 heavy (non-hydrogen) atoms. The molecule has 0 aliphatic rings. The van der Waals surface area contributed by atoms with E-state index < -0.39 is 17.1 Å². The van der Waals surface area contributed by atoms with E-state index in [-0.39, 0.29) is 16.6 Å².